The van der Waals surface area contributed by atoms with Crippen LogP contribution in [-0.4, -0.2) is 68.4 Å². The number of carboxylic acid groups (broad SMARTS) is 1. The van der Waals surface area contributed by atoms with Crippen molar-refractivity contribution < 1.29 is 32.9 Å². The highest BCUT2D eigenvalue weighted by Crippen LogP contribution is 2.26. The number of aliphatic hydroxyl groups is 1. The maximum Gasteiger partial charge on any atom is 0.339 e. The van der Waals surface area contributed by atoms with Crippen LogP contribution in [0.4, 0.5) is 0 Å². The summed E-state index contributed by atoms with van der Waals surface area (Å²) >= 11 is 0. The lowest BCUT2D eigenvalue weighted by atomic mass is 10.2. The lowest BCUT2D eigenvalue weighted by Crippen LogP contribution is -2.50. The smallest absolute Gasteiger partial charge is 0.339 e. The van der Waals surface area contributed by atoms with Crippen molar-refractivity contribution in [3.05, 3.63) is 23.8 Å². The molecule has 1 aromatic carbocycles. The molecule has 1 aliphatic rings. The number of nitrogens with zero attached hydrogens (tertiary/aromatic N) is 1. The first-order chi connectivity index (χ1) is 10.4. The first-order valence-corrected chi connectivity index (χ1v) is 7.97. The molecule has 122 valence electrons. The number of carbonyl (C=O) groups is 1. The summed E-state index contributed by atoms with van der Waals surface area (Å²) in [6, 6.07) is 2.95. The van der Waals surface area contributed by atoms with E-state index in [1.165, 1.54) is 19.2 Å². The zero-order chi connectivity index (χ0) is 16.3. The lowest BCUT2D eigenvalue weighted by Gasteiger charge is -2.33. The van der Waals surface area contributed by atoms with E-state index < -0.39 is 22.0 Å². The quantitative estimate of drug-likeness (QED) is 0.766. The number of aromatic carboxylic acids is 1. The average Bonchev–Trinajstić information content (AvgIpc) is 2.53. The normalized spacial score (nSPS) is 19.8. The van der Waals surface area contributed by atoms with Gasteiger partial charge in [-0.05, 0) is 18.2 Å². The summed E-state index contributed by atoms with van der Waals surface area (Å²) in [6.45, 7) is 0.0402. The van der Waals surface area contributed by atoms with Gasteiger partial charge in [0, 0.05) is 6.54 Å². The molecule has 0 aliphatic carbocycles. The van der Waals surface area contributed by atoms with Crippen LogP contribution in [0.5, 0.6) is 5.75 Å². The van der Waals surface area contributed by atoms with E-state index in [9.17, 15) is 18.3 Å². The number of hydrogen-bond donors (Lipinski definition) is 2. The third-order valence-corrected chi connectivity index (χ3v) is 5.34. The second-order valence-electron chi connectivity index (χ2n) is 4.69. The monoisotopic (exact) mass is 331 g/mol. The highest BCUT2D eigenvalue weighted by atomic mass is 32.2. The van der Waals surface area contributed by atoms with Crippen LogP contribution in [0.3, 0.4) is 0 Å². The van der Waals surface area contributed by atoms with Gasteiger partial charge in [0.2, 0.25) is 10.0 Å². The molecule has 1 aliphatic heterocycles. The number of rotatable bonds is 5. The van der Waals surface area contributed by atoms with Crippen molar-refractivity contribution in [3.63, 3.8) is 0 Å². The Morgan fingerprint density at radius 3 is 2.82 bits per heavy atom. The van der Waals surface area contributed by atoms with Crippen molar-refractivity contribution in [3.8, 4) is 5.75 Å². The molecule has 2 N–H and O–H groups in total. The molecule has 0 amide bonds. The van der Waals surface area contributed by atoms with E-state index in [1.54, 1.807) is 0 Å². The molecule has 0 aromatic heterocycles. The first-order valence-electron chi connectivity index (χ1n) is 6.53. The number of hydrogen-bond acceptors (Lipinski definition) is 6. The number of sulfonamides is 1. The van der Waals surface area contributed by atoms with Gasteiger partial charge in [-0.1, -0.05) is 0 Å². The van der Waals surface area contributed by atoms with Gasteiger partial charge < -0.3 is 19.7 Å². The summed E-state index contributed by atoms with van der Waals surface area (Å²) in [4.78, 5) is 11.0. The number of methoxy groups -OCH3 is 1. The SMILES string of the molecule is COc1ccc(S(=O)(=O)N2CCOC[C@@H]2CO)cc1C(=O)O. The Morgan fingerprint density at radius 1 is 1.50 bits per heavy atom. The Hall–Kier alpha value is -1.68. The summed E-state index contributed by atoms with van der Waals surface area (Å²) < 4.78 is 36.5. The lowest BCUT2D eigenvalue weighted by molar-refractivity contribution is 0.0109. The molecule has 0 saturated carbocycles. The first kappa shape index (κ1) is 16.7. The van der Waals surface area contributed by atoms with E-state index in [0.717, 1.165) is 10.4 Å². The van der Waals surface area contributed by atoms with Crippen molar-refractivity contribution in [1.29, 1.82) is 0 Å². The standard InChI is InChI=1S/C13H17NO7S/c1-20-12-3-2-10(6-11(12)13(16)17)22(18,19)14-4-5-21-8-9(14)7-15/h2-3,6,9,15H,4-5,7-8H2,1H3,(H,16,17)/t9-/m0/s1. The molecular weight excluding hydrogens is 314 g/mol. The summed E-state index contributed by atoms with van der Waals surface area (Å²) in [6.07, 6.45) is 0. The largest absolute Gasteiger partial charge is 0.496 e. The summed E-state index contributed by atoms with van der Waals surface area (Å²) in [5.74, 6) is -1.21. The van der Waals surface area contributed by atoms with Crippen LogP contribution >= 0.6 is 0 Å². The molecule has 22 heavy (non-hydrogen) atoms. The number of aliphatic hydroxyl groups excluding tert-OH is 1. The van der Waals surface area contributed by atoms with Gasteiger partial charge in [0.1, 0.15) is 11.3 Å². The molecule has 0 spiro atoms. The topological polar surface area (TPSA) is 113 Å². The van der Waals surface area contributed by atoms with Crippen LogP contribution in [0.1, 0.15) is 10.4 Å². The summed E-state index contributed by atoms with van der Waals surface area (Å²) in [5, 5.41) is 18.4. The van der Waals surface area contributed by atoms with Gasteiger partial charge in [-0.25, -0.2) is 13.2 Å². The minimum atomic E-state index is -3.93. The second kappa shape index (κ2) is 6.61. The molecule has 0 unspecified atom stereocenters. The van der Waals surface area contributed by atoms with Crippen LogP contribution in [0, 0.1) is 0 Å². The highest BCUT2D eigenvalue weighted by Gasteiger charge is 2.34. The number of ether oxygens (including phenoxy) is 2. The van der Waals surface area contributed by atoms with Crippen molar-refractivity contribution >= 4 is 16.0 Å². The van der Waals surface area contributed by atoms with Crippen molar-refractivity contribution in [2.75, 3.05) is 33.5 Å². The fraction of sp³-hybridized carbons (Fsp3) is 0.462. The zero-order valence-corrected chi connectivity index (χ0v) is 12.7. The van der Waals surface area contributed by atoms with Crippen LogP contribution in [0.2, 0.25) is 0 Å². The Kier molecular flexibility index (Phi) is 5.01. The van der Waals surface area contributed by atoms with Gasteiger partial charge in [-0.15, -0.1) is 0 Å². The maximum absolute atomic E-state index is 12.7. The van der Waals surface area contributed by atoms with Gasteiger partial charge >= 0.3 is 5.97 Å². The van der Waals surface area contributed by atoms with E-state index in [0.29, 0.717) is 0 Å². The molecular formula is C13H17NO7S. The summed E-state index contributed by atoms with van der Waals surface area (Å²) in [5.41, 5.74) is -0.239. The molecule has 1 saturated heterocycles. The highest BCUT2D eigenvalue weighted by molar-refractivity contribution is 7.89. The van der Waals surface area contributed by atoms with E-state index in [2.05, 4.69) is 0 Å². The van der Waals surface area contributed by atoms with Crippen LogP contribution in [0.15, 0.2) is 23.1 Å². The predicted molar refractivity (Wildman–Crippen MR) is 75.5 cm³/mol. The second-order valence-corrected chi connectivity index (χ2v) is 6.58. The Morgan fingerprint density at radius 2 is 2.23 bits per heavy atom. The Bertz CT molecular complexity index is 658. The van der Waals surface area contributed by atoms with Gasteiger partial charge in [0.25, 0.3) is 0 Å². The van der Waals surface area contributed by atoms with E-state index in [1.807, 2.05) is 0 Å². The van der Waals surface area contributed by atoms with Crippen LogP contribution < -0.4 is 4.74 Å². The van der Waals surface area contributed by atoms with Gasteiger partial charge in [0.15, 0.2) is 0 Å². The number of morpholine rings is 1. The average molecular weight is 331 g/mol. The molecule has 1 fully saturated rings. The van der Waals surface area contributed by atoms with Gasteiger partial charge in [-0.2, -0.15) is 4.31 Å². The van der Waals surface area contributed by atoms with Crippen LogP contribution in [-0.2, 0) is 14.8 Å². The predicted octanol–water partition coefficient (Wildman–Crippen LogP) is -0.225. The van der Waals surface area contributed by atoms with E-state index >= 15 is 0 Å². The molecule has 9 heteroatoms. The van der Waals surface area contributed by atoms with Crippen molar-refractivity contribution in [2.24, 2.45) is 0 Å². The number of carboxylic acids is 1. The third-order valence-electron chi connectivity index (χ3n) is 3.39. The zero-order valence-electron chi connectivity index (χ0n) is 11.9. The van der Waals surface area contributed by atoms with Crippen LogP contribution in [0.25, 0.3) is 0 Å². The molecule has 0 bridgehead atoms. The summed E-state index contributed by atoms with van der Waals surface area (Å²) in [7, 11) is -2.62. The molecule has 2 rings (SSSR count). The number of benzene rings is 1. The van der Waals surface area contributed by atoms with Gasteiger partial charge in [-0.3, -0.25) is 0 Å². The van der Waals surface area contributed by atoms with E-state index in [4.69, 9.17) is 14.6 Å². The van der Waals surface area contributed by atoms with Crippen molar-refractivity contribution in [1.82, 2.24) is 4.31 Å². The Balaban J connectivity index is 2.45. The maximum atomic E-state index is 12.7. The fourth-order valence-corrected chi connectivity index (χ4v) is 3.86. The Labute approximate surface area is 127 Å². The molecule has 1 aromatic rings. The molecule has 8 nitrogen and oxygen atoms in total. The third kappa shape index (κ3) is 3.07. The molecule has 1 heterocycles. The minimum absolute atomic E-state index is 0.0761. The minimum Gasteiger partial charge on any atom is -0.496 e. The van der Waals surface area contributed by atoms with E-state index in [-0.39, 0.29) is 42.6 Å². The molecule has 1 atom stereocenters. The fourth-order valence-electron chi connectivity index (χ4n) is 2.25. The van der Waals surface area contributed by atoms with Crippen molar-refractivity contribution in [2.45, 2.75) is 10.9 Å². The van der Waals surface area contributed by atoms with Gasteiger partial charge in [0.05, 0.1) is 37.9 Å². The molecule has 0 radical (unpaired) electrons.